The minimum Gasteiger partial charge on any atom is -0.303 e. The lowest BCUT2D eigenvalue weighted by Crippen LogP contribution is -2.22. The zero-order valence-corrected chi connectivity index (χ0v) is 12.1. The van der Waals surface area contributed by atoms with Gasteiger partial charge in [0.2, 0.25) is 0 Å². The van der Waals surface area contributed by atoms with Crippen LogP contribution in [-0.4, -0.2) is 0 Å². The quantitative estimate of drug-likeness (QED) is 0.854. The zero-order valence-electron chi connectivity index (χ0n) is 11.4. The van der Waals surface area contributed by atoms with E-state index in [9.17, 15) is 4.39 Å². The third kappa shape index (κ3) is 2.72. The predicted octanol–water partition coefficient (Wildman–Crippen LogP) is 4.82. The highest BCUT2D eigenvalue weighted by Crippen LogP contribution is 2.33. The highest BCUT2D eigenvalue weighted by atomic mass is 35.5. The molecular weight excluding hydrogens is 273 g/mol. The van der Waals surface area contributed by atoms with Crippen molar-refractivity contribution >= 4 is 11.6 Å². The van der Waals surface area contributed by atoms with E-state index in [4.69, 9.17) is 11.6 Å². The first-order valence-electron chi connectivity index (χ1n) is 6.93. The first kappa shape index (κ1) is 13.6. The molecule has 0 aliphatic heterocycles. The molecule has 2 atom stereocenters. The Kier molecular flexibility index (Phi) is 3.77. The standard InChI is InChI=1S/C17H17ClFN/c1-11(12-2-5-14(18)6-3-12)20-17-9-4-13-10-15(19)7-8-16(13)17/h2-3,5-8,10-11,17,20H,4,9H2,1H3/t11-,17?/m1/s1. The number of hydrogen-bond donors (Lipinski definition) is 1. The van der Waals surface area contributed by atoms with Crippen molar-refractivity contribution in [3.63, 3.8) is 0 Å². The molecule has 1 aliphatic rings. The van der Waals surface area contributed by atoms with Crippen LogP contribution in [0.3, 0.4) is 0 Å². The monoisotopic (exact) mass is 289 g/mol. The summed E-state index contributed by atoms with van der Waals surface area (Å²) in [6.07, 6.45) is 1.97. The van der Waals surface area contributed by atoms with Crippen LogP contribution in [0.5, 0.6) is 0 Å². The molecule has 1 nitrogen and oxygen atoms in total. The second-order valence-corrected chi connectivity index (χ2v) is 5.81. The summed E-state index contributed by atoms with van der Waals surface area (Å²) in [5.74, 6) is -0.143. The van der Waals surface area contributed by atoms with E-state index >= 15 is 0 Å². The van der Waals surface area contributed by atoms with Crippen LogP contribution in [-0.2, 0) is 6.42 Å². The zero-order chi connectivity index (χ0) is 14.1. The molecule has 1 N–H and O–H groups in total. The van der Waals surface area contributed by atoms with Crippen LogP contribution in [0, 0.1) is 5.82 Å². The summed E-state index contributed by atoms with van der Waals surface area (Å²) in [4.78, 5) is 0. The normalized spacial score (nSPS) is 18.9. The second kappa shape index (κ2) is 5.55. The van der Waals surface area contributed by atoms with Crippen LogP contribution in [0.15, 0.2) is 42.5 Å². The van der Waals surface area contributed by atoms with Crippen LogP contribution >= 0.6 is 11.6 Å². The summed E-state index contributed by atoms with van der Waals surface area (Å²) in [5, 5.41) is 4.38. The Bertz CT molecular complexity index is 609. The Hall–Kier alpha value is -1.38. The summed E-state index contributed by atoms with van der Waals surface area (Å²) in [6.45, 7) is 2.14. The van der Waals surface area contributed by atoms with E-state index in [1.807, 2.05) is 30.3 Å². The molecule has 3 rings (SSSR count). The van der Waals surface area contributed by atoms with E-state index in [2.05, 4.69) is 12.2 Å². The number of hydrogen-bond acceptors (Lipinski definition) is 1. The van der Waals surface area contributed by atoms with Crippen molar-refractivity contribution in [2.45, 2.75) is 31.8 Å². The van der Waals surface area contributed by atoms with Crippen molar-refractivity contribution in [3.8, 4) is 0 Å². The smallest absolute Gasteiger partial charge is 0.123 e. The largest absolute Gasteiger partial charge is 0.303 e. The van der Waals surface area contributed by atoms with Crippen LogP contribution < -0.4 is 5.32 Å². The number of rotatable bonds is 3. The van der Waals surface area contributed by atoms with Crippen LogP contribution in [0.25, 0.3) is 0 Å². The molecule has 0 radical (unpaired) electrons. The molecule has 2 aromatic rings. The summed E-state index contributed by atoms with van der Waals surface area (Å²) in [7, 11) is 0. The fraction of sp³-hybridized carbons (Fsp3) is 0.294. The third-order valence-corrected chi connectivity index (χ3v) is 4.26. The van der Waals surface area contributed by atoms with Gasteiger partial charge in [0, 0.05) is 17.1 Å². The first-order valence-corrected chi connectivity index (χ1v) is 7.31. The Morgan fingerprint density at radius 3 is 2.70 bits per heavy atom. The predicted molar refractivity (Wildman–Crippen MR) is 80.5 cm³/mol. The van der Waals surface area contributed by atoms with Crippen molar-refractivity contribution < 1.29 is 4.39 Å². The number of halogens is 2. The molecule has 0 amide bonds. The van der Waals surface area contributed by atoms with Crippen molar-refractivity contribution in [1.82, 2.24) is 5.32 Å². The summed E-state index contributed by atoms with van der Waals surface area (Å²) in [6, 6.07) is 13.6. The molecule has 3 heteroatoms. The van der Waals surface area contributed by atoms with Crippen molar-refractivity contribution in [2.24, 2.45) is 0 Å². The Morgan fingerprint density at radius 2 is 1.95 bits per heavy atom. The summed E-state index contributed by atoms with van der Waals surface area (Å²) < 4.78 is 13.2. The van der Waals surface area contributed by atoms with Gasteiger partial charge < -0.3 is 5.32 Å². The maximum Gasteiger partial charge on any atom is 0.123 e. The number of fused-ring (bicyclic) bond motifs is 1. The lowest BCUT2D eigenvalue weighted by atomic mass is 10.0. The Balaban J connectivity index is 1.75. The fourth-order valence-electron chi connectivity index (χ4n) is 2.91. The molecule has 1 unspecified atom stereocenters. The van der Waals surface area contributed by atoms with E-state index in [1.165, 1.54) is 11.1 Å². The molecule has 0 saturated heterocycles. The Morgan fingerprint density at radius 1 is 1.20 bits per heavy atom. The van der Waals surface area contributed by atoms with Crippen LogP contribution in [0.1, 0.15) is 42.1 Å². The van der Waals surface area contributed by atoms with E-state index in [1.54, 1.807) is 12.1 Å². The van der Waals surface area contributed by atoms with Gasteiger partial charge in [0.25, 0.3) is 0 Å². The maximum atomic E-state index is 13.2. The minimum atomic E-state index is -0.143. The van der Waals surface area contributed by atoms with Gasteiger partial charge in [-0.1, -0.05) is 29.8 Å². The van der Waals surface area contributed by atoms with Crippen molar-refractivity contribution in [1.29, 1.82) is 0 Å². The molecule has 0 heterocycles. The van der Waals surface area contributed by atoms with Gasteiger partial charge in [-0.05, 0) is 60.7 Å². The molecule has 0 spiro atoms. The second-order valence-electron chi connectivity index (χ2n) is 5.37. The average molecular weight is 290 g/mol. The molecule has 1 aliphatic carbocycles. The SMILES string of the molecule is C[C@@H](NC1CCc2cc(F)ccc21)c1ccc(Cl)cc1. The van der Waals surface area contributed by atoms with Gasteiger partial charge in [-0.3, -0.25) is 0 Å². The lowest BCUT2D eigenvalue weighted by Gasteiger charge is -2.21. The molecule has 20 heavy (non-hydrogen) atoms. The van der Waals surface area contributed by atoms with E-state index in [0.717, 1.165) is 23.4 Å². The number of benzene rings is 2. The third-order valence-electron chi connectivity index (χ3n) is 4.00. The molecule has 0 saturated carbocycles. The number of nitrogens with one attached hydrogen (secondary N) is 1. The van der Waals surface area contributed by atoms with Crippen molar-refractivity contribution in [3.05, 3.63) is 70.0 Å². The van der Waals surface area contributed by atoms with Gasteiger partial charge >= 0.3 is 0 Å². The van der Waals surface area contributed by atoms with Gasteiger partial charge in [-0.2, -0.15) is 0 Å². The Labute approximate surface area is 123 Å². The van der Waals surface area contributed by atoms with Gasteiger partial charge in [-0.15, -0.1) is 0 Å². The average Bonchev–Trinajstić information content (AvgIpc) is 2.81. The van der Waals surface area contributed by atoms with Gasteiger partial charge in [-0.25, -0.2) is 4.39 Å². The molecule has 0 bridgehead atoms. The molecule has 0 fully saturated rings. The number of aryl methyl sites for hydroxylation is 1. The highest BCUT2D eigenvalue weighted by Gasteiger charge is 2.24. The summed E-state index contributed by atoms with van der Waals surface area (Å²) >= 11 is 5.91. The maximum absolute atomic E-state index is 13.2. The van der Waals surface area contributed by atoms with Gasteiger partial charge in [0.05, 0.1) is 0 Å². The molecule has 104 valence electrons. The highest BCUT2D eigenvalue weighted by molar-refractivity contribution is 6.30. The lowest BCUT2D eigenvalue weighted by molar-refractivity contribution is 0.465. The fourth-order valence-corrected chi connectivity index (χ4v) is 3.03. The van der Waals surface area contributed by atoms with E-state index in [0.29, 0.717) is 6.04 Å². The minimum absolute atomic E-state index is 0.143. The molecular formula is C17H17ClFN. The van der Waals surface area contributed by atoms with Crippen molar-refractivity contribution in [2.75, 3.05) is 0 Å². The molecule has 2 aromatic carbocycles. The van der Waals surface area contributed by atoms with Gasteiger partial charge in [0.1, 0.15) is 5.82 Å². The summed E-state index contributed by atoms with van der Waals surface area (Å²) in [5.41, 5.74) is 3.57. The topological polar surface area (TPSA) is 12.0 Å². The van der Waals surface area contributed by atoms with Crippen LogP contribution in [0.2, 0.25) is 5.02 Å². The van der Waals surface area contributed by atoms with Gasteiger partial charge in [0.15, 0.2) is 0 Å². The molecule has 0 aromatic heterocycles. The van der Waals surface area contributed by atoms with E-state index in [-0.39, 0.29) is 11.9 Å². The van der Waals surface area contributed by atoms with E-state index < -0.39 is 0 Å². The first-order chi connectivity index (χ1) is 9.63. The van der Waals surface area contributed by atoms with Crippen LogP contribution in [0.4, 0.5) is 4.39 Å².